The van der Waals surface area contributed by atoms with Crippen molar-refractivity contribution in [3.63, 3.8) is 0 Å². The lowest BCUT2D eigenvalue weighted by Crippen LogP contribution is -2.09. The number of hydrogen-bond acceptors (Lipinski definition) is 2. The van der Waals surface area contributed by atoms with E-state index in [4.69, 9.17) is 11.6 Å². The summed E-state index contributed by atoms with van der Waals surface area (Å²) in [4.78, 5) is 10.7. The van der Waals surface area contributed by atoms with Crippen molar-refractivity contribution < 1.29 is 4.79 Å². The number of carbonyl (C=O) groups is 1. The van der Waals surface area contributed by atoms with Gasteiger partial charge in [-0.3, -0.25) is 4.79 Å². The van der Waals surface area contributed by atoms with Crippen LogP contribution in [0.3, 0.4) is 0 Å². The molecule has 1 rings (SSSR count). The highest BCUT2D eigenvalue weighted by Crippen LogP contribution is 2.18. The third-order valence-electron chi connectivity index (χ3n) is 1.90. The molecule has 6 heteroatoms. The molecule has 2 nitrogen and oxygen atoms in total. The molecule has 1 aromatic rings. The molecule has 1 aromatic carbocycles. The first-order chi connectivity index (χ1) is 7.52. The largest absolute Gasteiger partial charge is 0.317 e. The van der Waals surface area contributed by atoms with Crippen molar-refractivity contribution in [1.29, 1.82) is 0 Å². The zero-order valence-electron chi connectivity index (χ0n) is 10.6. The predicted molar refractivity (Wildman–Crippen MR) is 87.8 cm³/mol. The first-order valence-corrected chi connectivity index (χ1v) is 6.36. The van der Waals surface area contributed by atoms with E-state index in [1.54, 1.807) is 12.1 Å². The van der Waals surface area contributed by atoms with Gasteiger partial charge in [-0.15, -0.1) is 24.8 Å². The molecule has 0 fully saturated rings. The molecule has 106 valence electrons. The summed E-state index contributed by atoms with van der Waals surface area (Å²) in [6.45, 7) is 8.34. The van der Waals surface area contributed by atoms with E-state index in [0.29, 0.717) is 5.56 Å². The minimum atomic E-state index is -0.425. The monoisotopic (exact) mass is 377 g/mol. The fraction of sp³-hybridized carbons (Fsp3) is 0.417. The number of hydrogen-bond donors (Lipinski definition) is 1. The average molecular weight is 380 g/mol. The second kappa shape index (κ2) is 13.6. The molecule has 0 unspecified atom stereocenters. The van der Waals surface area contributed by atoms with E-state index in [1.165, 1.54) is 0 Å². The molecular weight excluding hydrogens is 360 g/mol. The molecule has 0 heterocycles. The van der Waals surface area contributed by atoms with Crippen LogP contribution in [0.1, 0.15) is 29.8 Å². The smallest absolute Gasteiger partial charge is 0.252 e. The quantitative estimate of drug-likeness (QED) is 0.778. The van der Waals surface area contributed by atoms with E-state index in [-0.39, 0.29) is 24.8 Å². The molecule has 0 bridgehead atoms. The van der Waals surface area contributed by atoms with Gasteiger partial charge in [-0.25, -0.2) is 0 Å². The van der Waals surface area contributed by atoms with Crippen LogP contribution in [-0.2, 0) is 0 Å². The van der Waals surface area contributed by atoms with Gasteiger partial charge in [-0.1, -0.05) is 35.8 Å². The Morgan fingerprint density at radius 1 is 1.28 bits per heavy atom. The van der Waals surface area contributed by atoms with Gasteiger partial charge in [0.05, 0.1) is 0 Å². The molecule has 0 amide bonds. The van der Waals surface area contributed by atoms with Crippen LogP contribution in [0.2, 0.25) is 0 Å². The van der Waals surface area contributed by atoms with Crippen molar-refractivity contribution in [2.24, 2.45) is 0 Å². The fourth-order valence-corrected chi connectivity index (χ4v) is 1.46. The number of carbonyl (C=O) groups excluding carboxylic acids is 1. The summed E-state index contributed by atoms with van der Waals surface area (Å²) in [5, 5.41) is 2.69. The Morgan fingerprint density at radius 2 is 1.78 bits per heavy atom. The number of halogens is 4. The van der Waals surface area contributed by atoms with Crippen molar-refractivity contribution in [1.82, 2.24) is 5.32 Å². The Balaban J connectivity index is -0.000000282. The van der Waals surface area contributed by atoms with Crippen LogP contribution in [0, 0.1) is 6.92 Å². The van der Waals surface area contributed by atoms with Gasteiger partial charge in [0.25, 0.3) is 5.24 Å². The van der Waals surface area contributed by atoms with Crippen molar-refractivity contribution in [3.8, 4) is 0 Å². The first kappa shape index (κ1) is 23.3. The molecule has 1 N–H and O–H groups in total. The van der Waals surface area contributed by atoms with Crippen molar-refractivity contribution >= 4 is 57.6 Å². The Labute approximate surface area is 135 Å². The van der Waals surface area contributed by atoms with Gasteiger partial charge in [0, 0.05) is 10.0 Å². The molecule has 0 radical (unpaired) electrons. The van der Waals surface area contributed by atoms with Crippen molar-refractivity contribution in [2.45, 2.75) is 20.8 Å². The number of nitrogens with one attached hydrogen (secondary N) is 1. The lowest BCUT2D eigenvalue weighted by Gasteiger charge is -1.98. The summed E-state index contributed by atoms with van der Waals surface area (Å²) < 4.78 is 0.906. The van der Waals surface area contributed by atoms with Crippen LogP contribution in [0.5, 0.6) is 0 Å². The van der Waals surface area contributed by atoms with Crippen LogP contribution in [0.25, 0.3) is 0 Å². The topological polar surface area (TPSA) is 29.1 Å². The fourth-order valence-electron chi connectivity index (χ4n) is 0.965. The SMILES string of the molecule is CCNCC.Cc1ccc(C(=O)Cl)cc1Br.Cl.Cl. The molecule has 0 saturated heterocycles. The van der Waals surface area contributed by atoms with Crippen LogP contribution < -0.4 is 5.32 Å². The lowest BCUT2D eigenvalue weighted by atomic mass is 10.2. The van der Waals surface area contributed by atoms with E-state index in [9.17, 15) is 4.79 Å². The summed E-state index contributed by atoms with van der Waals surface area (Å²) in [7, 11) is 0. The molecule has 18 heavy (non-hydrogen) atoms. The molecule has 0 aliphatic heterocycles. The van der Waals surface area contributed by atoms with Crippen LogP contribution in [-0.4, -0.2) is 18.3 Å². The molecular formula is C12H19BrCl3NO. The standard InChI is InChI=1S/C8H6BrClO.C4H11N.2ClH/c1-5-2-3-6(8(10)11)4-7(5)9;1-3-5-4-2;;/h2-4H,1H3;5H,3-4H2,1-2H3;2*1H. The second-order valence-corrected chi connectivity index (χ2v) is 4.39. The Hall–Kier alpha value is 0.200. The molecule has 0 aliphatic rings. The van der Waals surface area contributed by atoms with Gasteiger partial charge in [-0.05, 0) is 49.3 Å². The van der Waals surface area contributed by atoms with E-state index in [2.05, 4.69) is 35.1 Å². The molecule has 0 saturated carbocycles. The second-order valence-electron chi connectivity index (χ2n) is 3.19. The maximum atomic E-state index is 10.7. The number of benzene rings is 1. The van der Waals surface area contributed by atoms with Crippen molar-refractivity contribution in [2.75, 3.05) is 13.1 Å². The summed E-state index contributed by atoms with van der Waals surface area (Å²) >= 11 is 8.57. The average Bonchev–Trinajstić information content (AvgIpc) is 2.24. The maximum Gasteiger partial charge on any atom is 0.252 e. The highest BCUT2D eigenvalue weighted by atomic mass is 79.9. The van der Waals surface area contributed by atoms with Gasteiger partial charge in [-0.2, -0.15) is 0 Å². The Kier molecular flexibility index (Phi) is 17.6. The zero-order valence-corrected chi connectivity index (χ0v) is 14.6. The lowest BCUT2D eigenvalue weighted by molar-refractivity contribution is 0.108. The van der Waals surface area contributed by atoms with Gasteiger partial charge >= 0.3 is 0 Å². The summed E-state index contributed by atoms with van der Waals surface area (Å²) in [6, 6.07) is 5.26. The van der Waals surface area contributed by atoms with Crippen molar-refractivity contribution in [3.05, 3.63) is 33.8 Å². The van der Waals surface area contributed by atoms with Gasteiger partial charge in [0.2, 0.25) is 0 Å². The molecule has 0 aliphatic carbocycles. The normalized spacial score (nSPS) is 8.28. The van der Waals surface area contributed by atoms with Gasteiger partial charge < -0.3 is 5.32 Å². The third-order valence-corrected chi connectivity index (χ3v) is 2.97. The summed E-state index contributed by atoms with van der Waals surface area (Å²) in [5.74, 6) is 0. The molecule has 0 aromatic heterocycles. The maximum absolute atomic E-state index is 10.7. The van der Waals surface area contributed by atoms with Crippen LogP contribution >= 0.6 is 52.3 Å². The highest BCUT2D eigenvalue weighted by molar-refractivity contribution is 9.10. The Morgan fingerprint density at radius 3 is 2.06 bits per heavy atom. The van der Waals surface area contributed by atoms with E-state index >= 15 is 0 Å². The number of aryl methyl sites for hydroxylation is 1. The zero-order chi connectivity index (χ0) is 12.6. The highest BCUT2D eigenvalue weighted by Gasteiger charge is 2.02. The predicted octanol–water partition coefficient (Wildman–Crippen LogP) is 4.60. The minimum Gasteiger partial charge on any atom is -0.317 e. The van der Waals surface area contributed by atoms with Gasteiger partial charge in [0.1, 0.15) is 0 Å². The Bertz CT molecular complexity index is 346. The number of rotatable bonds is 3. The summed E-state index contributed by atoms with van der Waals surface area (Å²) in [5.41, 5.74) is 1.61. The third kappa shape index (κ3) is 10.2. The van der Waals surface area contributed by atoms with Crippen LogP contribution in [0.4, 0.5) is 0 Å². The van der Waals surface area contributed by atoms with E-state index < -0.39 is 5.24 Å². The van der Waals surface area contributed by atoms with E-state index in [1.807, 2.05) is 13.0 Å². The molecule has 0 spiro atoms. The van der Waals surface area contributed by atoms with Gasteiger partial charge in [0.15, 0.2) is 0 Å². The first-order valence-electron chi connectivity index (χ1n) is 5.19. The minimum absolute atomic E-state index is 0. The van der Waals surface area contributed by atoms with E-state index in [0.717, 1.165) is 23.1 Å². The summed E-state index contributed by atoms with van der Waals surface area (Å²) in [6.07, 6.45) is 0. The molecule has 0 atom stereocenters. The van der Waals surface area contributed by atoms with Crippen LogP contribution in [0.15, 0.2) is 22.7 Å².